The molecule has 1 saturated carbocycles. The van der Waals surface area contributed by atoms with Crippen LogP contribution >= 0.6 is 0 Å². The van der Waals surface area contributed by atoms with E-state index in [0.29, 0.717) is 18.6 Å². The number of fused-ring (bicyclic) bond motifs is 3. The van der Waals surface area contributed by atoms with Crippen molar-refractivity contribution < 1.29 is 59.1 Å². The van der Waals surface area contributed by atoms with Crippen LogP contribution in [0, 0.1) is 5.92 Å². The standard InChI is InChI=1S/C26H30O6.Na/c1-26(2,32-17-8-4-3-5-9-17)22(28)13-12-18-20(27)15-21-24(18)19-10-6-7-16(25(19)31-21)11-14-23(29)30;/h3-10,12-13,18,20-22,24,27-28H,11,14-15H2,1-2H3,(H,29,30);/q;+1/p-1/b13-12+;/t18-,20+,21?,22+,24-;/m0./s1. The van der Waals surface area contributed by atoms with Gasteiger partial charge >= 0.3 is 29.6 Å². The van der Waals surface area contributed by atoms with Gasteiger partial charge in [0, 0.05) is 29.8 Å². The summed E-state index contributed by atoms with van der Waals surface area (Å²) in [4.78, 5) is 10.9. The molecule has 1 aliphatic heterocycles. The number of hydrogen-bond donors (Lipinski definition) is 2. The van der Waals surface area contributed by atoms with Crippen LogP contribution in [-0.4, -0.2) is 40.1 Å². The van der Waals surface area contributed by atoms with Crippen LogP contribution in [-0.2, 0) is 11.2 Å². The third-order valence-corrected chi connectivity index (χ3v) is 6.44. The van der Waals surface area contributed by atoms with E-state index < -0.39 is 23.8 Å². The fourth-order valence-corrected chi connectivity index (χ4v) is 4.72. The molecule has 1 unspecified atom stereocenters. The quantitative estimate of drug-likeness (QED) is 0.402. The zero-order valence-electron chi connectivity index (χ0n) is 19.3. The van der Waals surface area contributed by atoms with Gasteiger partial charge in [0.1, 0.15) is 29.3 Å². The molecule has 2 N–H and O–H groups in total. The summed E-state index contributed by atoms with van der Waals surface area (Å²) in [5.74, 6) is 0.0335. The van der Waals surface area contributed by atoms with E-state index in [1.165, 1.54) is 0 Å². The zero-order valence-corrected chi connectivity index (χ0v) is 21.3. The Balaban J connectivity index is 0.00000306. The molecule has 0 aromatic heterocycles. The molecule has 2 aromatic rings. The monoisotopic (exact) mass is 460 g/mol. The molecule has 1 heterocycles. The maximum Gasteiger partial charge on any atom is 1.00 e. The van der Waals surface area contributed by atoms with Gasteiger partial charge in [-0.2, -0.15) is 0 Å². The van der Waals surface area contributed by atoms with Crippen LogP contribution in [0.3, 0.4) is 0 Å². The number of carbonyl (C=O) groups is 1. The van der Waals surface area contributed by atoms with E-state index >= 15 is 0 Å². The molecule has 4 rings (SSSR count). The number of benzene rings is 2. The molecule has 0 spiro atoms. The van der Waals surface area contributed by atoms with E-state index in [1.54, 1.807) is 6.08 Å². The van der Waals surface area contributed by atoms with E-state index in [0.717, 1.165) is 16.9 Å². The number of carboxylic acids is 1. The summed E-state index contributed by atoms with van der Waals surface area (Å²) in [5, 5.41) is 32.4. The van der Waals surface area contributed by atoms with Crippen molar-refractivity contribution in [2.45, 2.75) is 62.9 Å². The smallest absolute Gasteiger partial charge is 0.550 e. The number of aliphatic hydroxyl groups is 2. The van der Waals surface area contributed by atoms with E-state index in [2.05, 4.69) is 0 Å². The molecule has 5 atom stereocenters. The van der Waals surface area contributed by atoms with Crippen molar-refractivity contribution in [2.75, 3.05) is 0 Å². The Morgan fingerprint density at radius 2 is 1.97 bits per heavy atom. The van der Waals surface area contributed by atoms with Crippen molar-refractivity contribution in [1.82, 2.24) is 0 Å². The van der Waals surface area contributed by atoms with Crippen LogP contribution < -0.4 is 44.1 Å². The fraction of sp³-hybridized carbons (Fsp3) is 0.423. The molecule has 1 fully saturated rings. The van der Waals surface area contributed by atoms with Gasteiger partial charge in [0.05, 0.1) is 6.10 Å². The number of rotatable bonds is 8. The Kier molecular flexibility index (Phi) is 8.30. The Bertz CT molecular complexity index is 990. The van der Waals surface area contributed by atoms with Gasteiger partial charge in [-0.05, 0) is 44.4 Å². The largest absolute Gasteiger partial charge is 1.00 e. The minimum atomic E-state index is -1.09. The van der Waals surface area contributed by atoms with Gasteiger partial charge < -0.3 is 29.6 Å². The Hall–Kier alpha value is -1.83. The van der Waals surface area contributed by atoms with Crippen LogP contribution in [0.2, 0.25) is 0 Å². The van der Waals surface area contributed by atoms with Gasteiger partial charge in [-0.15, -0.1) is 0 Å². The van der Waals surface area contributed by atoms with Crippen molar-refractivity contribution in [1.29, 1.82) is 0 Å². The first-order valence-corrected chi connectivity index (χ1v) is 11.0. The van der Waals surface area contributed by atoms with Crippen molar-refractivity contribution in [3.05, 3.63) is 71.8 Å². The SMILES string of the molecule is CC(C)(Oc1ccccc1)[C@H](O)/C=C/[C@H]1[C@H](O)CC2Oc3c(CCC(=O)[O-])cccc3[C@@H]21.[Na+]. The minimum absolute atomic E-state index is 0. The molecule has 6 nitrogen and oxygen atoms in total. The second kappa shape index (κ2) is 10.6. The Labute approximate surface area is 216 Å². The van der Waals surface area contributed by atoms with Crippen LogP contribution in [0.4, 0.5) is 0 Å². The number of aliphatic hydroxyl groups excluding tert-OH is 2. The molecule has 0 bridgehead atoms. The molecular formula is C26H29NaO6. The first-order valence-electron chi connectivity index (χ1n) is 11.0. The molecular weight excluding hydrogens is 431 g/mol. The molecule has 0 radical (unpaired) electrons. The number of aryl methyl sites for hydroxylation is 1. The number of carboxylic acid groups (broad SMARTS) is 1. The van der Waals surface area contributed by atoms with Crippen LogP contribution in [0.1, 0.15) is 43.7 Å². The number of carbonyl (C=O) groups excluding carboxylic acids is 1. The predicted octanol–water partition coefficient (Wildman–Crippen LogP) is -0.627. The molecule has 170 valence electrons. The fourth-order valence-electron chi connectivity index (χ4n) is 4.72. The molecule has 33 heavy (non-hydrogen) atoms. The summed E-state index contributed by atoms with van der Waals surface area (Å²) in [6, 6.07) is 15.1. The van der Waals surface area contributed by atoms with Gasteiger partial charge in [0.25, 0.3) is 0 Å². The first kappa shape index (κ1) is 25.8. The summed E-state index contributed by atoms with van der Waals surface area (Å²) >= 11 is 0. The molecule has 1 aliphatic carbocycles. The normalized spacial score (nSPS) is 24.5. The van der Waals surface area contributed by atoms with Crippen molar-refractivity contribution in [2.24, 2.45) is 5.92 Å². The molecule has 2 aromatic carbocycles. The van der Waals surface area contributed by atoms with Crippen LogP contribution in [0.25, 0.3) is 0 Å². The summed E-state index contributed by atoms with van der Waals surface area (Å²) < 4.78 is 12.1. The summed E-state index contributed by atoms with van der Waals surface area (Å²) in [6.07, 6.45) is 2.66. The van der Waals surface area contributed by atoms with Gasteiger partial charge in [0.15, 0.2) is 0 Å². The second-order valence-electron chi connectivity index (χ2n) is 9.12. The summed E-state index contributed by atoms with van der Waals surface area (Å²) in [6.45, 7) is 3.64. The Morgan fingerprint density at radius 3 is 2.67 bits per heavy atom. The van der Waals surface area contributed by atoms with E-state index in [4.69, 9.17) is 9.47 Å². The Morgan fingerprint density at radius 1 is 1.24 bits per heavy atom. The molecule has 0 saturated heterocycles. The third kappa shape index (κ3) is 5.64. The molecule has 7 heteroatoms. The number of aliphatic carboxylic acids is 1. The van der Waals surface area contributed by atoms with Gasteiger partial charge in [0.2, 0.25) is 0 Å². The topological polar surface area (TPSA) is 99.1 Å². The summed E-state index contributed by atoms with van der Waals surface area (Å²) in [7, 11) is 0. The van der Waals surface area contributed by atoms with Crippen LogP contribution in [0.5, 0.6) is 11.5 Å². The average Bonchev–Trinajstić information content (AvgIpc) is 3.25. The van der Waals surface area contributed by atoms with Crippen molar-refractivity contribution in [3.8, 4) is 11.5 Å². The maximum atomic E-state index is 10.9. The van der Waals surface area contributed by atoms with Crippen molar-refractivity contribution >= 4 is 5.97 Å². The number of para-hydroxylation sites is 2. The predicted molar refractivity (Wildman–Crippen MR) is 117 cm³/mol. The zero-order chi connectivity index (χ0) is 22.9. The third-order valence-electron chi connectivity index (χ3n) is 6.44. The van der Waals surface area contributed by atoms with Crippen LogP contribution in [0.15, 0.2) is 60.7 Å². The summed E-state index contributed by atoms with van der Waals surface area (Å²) in [5.41, 5.74) is 0.963. The number of ether oxygens (including phenoxy) is 2. The van der Waals surface area contributed by atoms with Gasteiger partial charge in [-0.25, -0.2) is 0 Å². The second-order valence-corrected chi connectivity index (χ2v) is 9.12. The molecule has 0 amide bonds. The van der Waals surface area contributed by atoms with Gasteiger partial charge in [-0.3, -0.25) is 0 Å². The van der Waals surface area contributed by atoms with Crippen molar-refractivity contribution in [3.63, 3.8) is 0 Å². The van der Waals surface area contributed by atoms with E-state index in [1.807, 2.05) is 68.5 Å². The minimum Gasteiger partial charge on any atom is -0.550 e. The first-order chi connectivity index (χ1) is 15.3. The van der Waals surface area contributed by atoms with E-state index in [-0.39, 0.29) is 53.9 Å². The number of hydrogen-bond acceptors (Lipinski definition) is 6. The maximum absolute atomic E-state index is 10.9. The molecule has 2 aliphatic rings. The van der Waals surface area contributed by atoms with Gasteiger partial charge in [-0.1, -0.05) is 48.6 Å². The van der Waals surface area contributed by atoms with E-state index in [9.17, 15) is 20.1 Å². The average molecular weight is 461 g/mol.